The second-order valence-corrected chi connectivity index (χ2v) is 8.65. The van der Waals surface area contributed by atoms with Crippen LogP contribution < -0.4 is 11.0 Å². The van der Waals surface area contributed by atoms with E-state index in [1.54, 1.807) is 28.0 Å². The molecule has 9 heteroatoms. The van der Waals surface area contributed by atoms with Gasteiger partial charge in [0.05, 0.1) is 17.2 Å². The zero-order valence-electron chi connectivity index (χ0n) is 16.8. The van der Waals surface area contributed by atoms with Gasteiger partial charge >= 0.3 is 5.69 Å². The lowest BCUT2D eigenvalue weighted by atomic mass is 10.1. The highest BCUT2D eigenvalue weighted by molar-refractivity contribution is 7.09. The minimum absolute atomic E-state index is 0.0129. The highest BCUT2D eigenvalue weighted by Gasteiger charge is 2.22. The summed E-state index contributed by atoms with van der Waals surface area (Å²) < 4.78 is 16.2. The van der Waals surface area contributed by atoms with Gasteiger partial charge in [0.15, 0.2) is 0 Å². The molecule has 0 bridgehead atoms. The minimum atomic E-state index is -0.304. The number of rotatable bonds is 6. The maximum Gasteiger partial charge on any atom is 0.346 e. The summed E-state index contributed by atoms with van der Waals surface area (Å²) in [6.45, 7) is 2.79. The Morgan fingerprint density at radius 2 is 2.10 bits per heavy atom. The Bertz CT molecular complexity index is 1090. The number of carbonyl (C=O) groups excluding carboxylic acids is 1. The van der Waals surface area contributed by atoms with Crippen LogP contribution in [0.1, 0.15) is 41.4 Å². The topological polar surface area (TPSA) is 81.8 Å². The third-order valence-corrected chi connectivity index (χ3v) is 6.12. The number of nitrogens with zero attached hydrogens (tertiary/aromatic N) is 4. The molecule has 2 aromatic heterocycles. The first-order valence-electron chi connectivity index (χ1n) is 10.1. The van der Waals surface area contributed by atoms with Crippen LogP contribution in [0.15, 0.2) is 34.4 Å². The summed E-state index contributed by atoms with van der Waals surface area (Å²) in [6, 6.07) is 6.10. The number of halogens is 1. The van der Waals surface area contributed by atoms with Crippen LogP contribution in [0.2, 0.25) is 0 Å². The molecule has 0 spiro atoms. The normalized spacial score (nSPS) is 16.1. The number of thiazole rings is 1. The van der Waals surface area contributed by atoms with Crippen molar-refractivity contribution in [2.75, 3.05) is 0 Å². The lowest BCUT2D eigenvalue weighted by molar-refractivity contribution is -0.121. The lowest BCUT2D eigenvalue weighted by Gasteiger charge is -2.15. The average Bonchev–Trinajstić information content (AvgIpc) is 3.20. The predicted octanol–water partition coefficient (Wildman–Crippen LogP) is 2.45. The fourth-order valence-electron chi connectivity index (χ4n) is 3.70. The molecule has 1 amide bonds. The SMILES string of the molecule is Cc1nc(CCC(=O)NC2CCc3nn(Cc4ccc(F)cc4)c(=O)n3CC2)cs1. The fraction of sp³-hybridized carbons (Fsp3) is 0.429. The monoisotopic (exact) mass is 429 g/mol. The van der Waals surface area contributed by atoms with E-state index in [0.717, 1.165) is 28.5 Å². The molecule has 3 heterocycles. The summed E-state index contributed by atoms with van der Waals surface area (Å²) in [5.74, 6) is 0.442. The molecular weight excluding hydrogens is 405 g/mol. The van der Waals surface area contributed by atoms with Gasteiger partial charge in [0.1, 0.15) is 11.6 Å². The number of aryl methyl sites for hydroxylation is 3. The molecular formula is C21H24FN5O2S. The number of benzene rings is 1. The van der Waals surface area contributed by atoms with Crippen molar-refractivity contribution in [2.24, 2.45) is 0 Å². The van der Waals surface area contributed by atoms with E-state index in [-0.39, 0.29) is 23.5 Å². The number of aromatic nitrogens is 4. The average molecular weight is 430 g/mol. The van der Waals surface area contributed by atoms with Gasteiger partial charge in [-0.1, -0.05) is 12.1 Å². The van der Waals surface area contributed by atoms with Gasteiger partial charge in [0, 0.05) is 30.8 Å². The summed E-state index contributed by atoms with van der Waals surface area (Å²) in [5, 5.41) is 10.6. The smallest absolute Gasteiger partial charge is 0.346 e. The first-order chi connectivity index (χ1) is 14.5. The van der Waals surface area contributed by atoms with Crippen LogP contribution in [0.3, 0.4) is 0 Å². The molecule has 1 aliphatic rings. The Labute approximate surface area is 177 Å². The summed E-state index contributed by atoms with van der Waals surface area (Å²) in [5.41, 5.74) is 1.61. The highest BCUT2D eigenvalue weighted by atomic mass is 32.1. The summed E-state index contributed by atoms with van der Waals surface area (Å²) in [7, 11) is 0. The van der Waals surface area contributed by atoms with Gasteiger partial charge in [-0.15, -0.1) is 11.3 Å². The van der Waals surface area contributed by atoms with E-state index in [1.807, 2.05) is 12.3 Å². The van der Waals surface area contributed by atoms with E-state index in [1.165, 1.54) is 16.8 Å². The van der Waals surface area contributed by atoms with E-state index in [2.05, 4.69) is 15.4 Å². The van der Waals surface area contributed by atoms with E-state index in [9.17, 15) is 14.0 Å². The van der Waals surface area contributed by atoms with Crippen molar-refractivity contribution in [3.05, 3.63) is 68.0 Å². The molecule has 0 radical (unpaired) electrons. The molecule has 1 aliphatic heterocycles. The molecule has 0 aliphatic carbocycles. The highest BCUT2D eigenvalue weighted by Crippen LogP contribution is 2.14. The van der Waals surface area contributed by atoms with Crippen LogP contribution >= 0.6 is 11.3 Å². The Morgan fingerprint density at radius 1 is 1.30 bits per heavy atom. The summed E-state index contributed by atoms with van der Waals surface area (Å²) in [4.78, 5) is 29.4. The van der Waals surface area contributed by atoms with E-state index < -0.39 is 0 Å². The Hall–Kier alpha value is -2.81. The van der Waals surface area contributed by atoms with Crippen molar-refractivity contribution >= 4 is 17.2 Å². The zero-order valence-corrected chi connectivity index (χ0v) is 17.6. The largest absolute Gasteiger partial charge is 0.353 e. The molecule has 1 N–H and O–H groups in total. The molecule has 0 saturated heterocycles. The number of fused-ring (bicyclic) bond motifs is 1. The van der Waals surface area contributed by atoms with Crippen molar-refractivity contribution in [2.45, 2.75) is 58.2 Å². The van der Waals surface area contributed by atoms with E-state index >= 15 is 0 Å². The Balaban J connectivity index is 1.33. The quantitative estimate of drug-likeness (QED) is 0.653. The molecule has 30 heavy (non-hydrogen) atoms. The maximum absolute atomic E-state index is 13.1. The summed E-state index contributed by atoms with van der Waals surface area (Å²) in [6.07, 6.45) is 3.11. The zero-order chi connectivity index (χ0) is 21.1. The van der Waals surface area contributed by atoms with Crippen LogP contribution in [-0.2, 0) is 30.7 Å². The molecule has 1 unspecified atom stereocenters. The van der Waals surface area contributed by atoms with Gasteiger partial charge in [-0.2, -0.15) is 5.10 Å². The van der Waals surface area contributed by atoms with Crippen molar-refractivity contribution in [1.29, 1.82) is 0 Å². The Morgan fingerprint density at radius 3 is 2.83 bits per heavy atom. The van der Waals surface area contributed by atoms with Crippen LogP contribution in [-0.4, -0.2) is 31.3 Å². The first-order valence-corrected chi connectivity index (χ1v) is 11.0. The van der Waals surface area contributed by atoms with Gasteiger partial charge in [0.25, 0.3) is 0 Å². The first kappa shape index (κ1) is 20.5. The molecule has 7 nitrogen and oxygen atoms in total. The maximum atomic E-state index is 13.1. The Kier molecular flexibility index (Phi) is 6.08. The van der Waals surface area contributed by atoms with Crippen molar-refractivity contribution in [3.63, 3.8) is 0 Å². The summed E-state index contributed by atoms with van der Waals surface area (Å²) >= 11 is 1.59. The second kappa shape index (κ2) is 8.91. The number of amides is 1. The van der Waals surface area contributed by atoms with Crippen LogP contribution in [0.4, 0.5) is 4.39 Å². The van der Waals surface area contributed by atoms with Crippen LogP contribution in [0.5, 0.6) is 0 Å². The molecule has 0 fully saturated rings. The molecule has 3 aromatic rings. The number of hydrogen-bond donors (Lipinski definition) is 1. The number of hydrogen-bond acceptors (Lipinski definition) is 5. The van der Waals surface area contributed by atoms with E-state index in [0.29, 0.717) is 38.8 Å². The van der Waals surface area contributed by atoms with Gasteiger partial charge in [-0.05, 0) is 43.9 Å². The van der Waals surface area contributed by atoms with Crippen LogP contribution in [0.25, 0.3) is 0 Å². The molecule has 0 saturated carbocycles. The predicted molar refractivity (Wildman–Crippen MR) is 112 cm³/mol. The van der Waals surface area contributed by atoms with Gasteiger partial charge < -0.3 is 5.32 Å². The van der Waals surface area contributed by atoms with Gasteiger partial charge in [0.2, 0.25) is 5.91 Å². The minimum Gasteiger partial charge on any atom is -0.353 e. The second-order valence-electron chi connectivity index (χ2n) is 7.58. The molecule has 4 rings (SSSR count). The van der Waals surface area contributed by atoms with Crippen molar-refractivity contribution < 1.29 is 9.18 Å². The van der Waals surface area contributed by atoms with Gasteiger partial charge in [-0.25, -0.2) is 18.9 Å². The standard InChI is InChI=1S/C21H24FN5O2S/c1-14-23-18(13-30-14)7-9-20(28)24-17-6-8-19-25-27(21(29)26(19)11-10-17)12-15-2-4-16(22)5-3-15/h2-5,13,17H,6-12H2,1H3,(H,24,28). The third kappa shape index (κ3) is 4.84. The fourth-order valence-corrected chi connectivity index (χ4v) is 4.35. The third-order valence-electron chi connectivity index (χ3n) is 5.30. The van der Waals surface area contributed by atoms with Crippen molar-refractivity contribution in [3.8, 4) is 0 Å². The number of nitrogens with one attached hydrogen (secondary N) is 1. The van der Waals surface area contributed by atoms with Crippen molar-refractivity contribution in [1.82, 2.24) is 24.6 Å². The molecule has 1 atom stereocenters. The lowest BCUT2D eigenvalue weighted by Crippen LogP contribution is -2.36. The van der Waals surface area contributed by atoms with Crippen LogP contribution in [0, 0.1) is 12.7 Å². The number of carbonyl (C=O) groups is 1. The van der Waals surface area contributed by atoms with Gasteiger partial charge in [-0.3, -0.25) is 9.36 Å². The van der Waals surface area contributed by atoms with E-state index in [4.69, 9.17) is 0 Å². The molecule has 1 aromatic carbocycles. The molecule has 158 valence electrons.